The first-order valence-electron chi connectivity index (χ1n) is 17.4. The number of aromatic amines is 1. The van der Waals surface area contributed by atoms with E-state index in [9.17, 15) is 14.7 Å². The number of phenolic OH excluding ortho intramolecular Hbond substituents is 1. The van der Waals surface area contributed by atoms with E-state index in [1.807, 2.05) is 48.5 Å². The van der Waals surface area contributed by atoms with E-state index < -0.39 is 36.1 Å². The number of para-hydroxylation sites is 1. The van der Waals surface area contributed by atoms with E-state index in [-0.39, 0.29) is 36.2 Å². The van der Waals surface area contributed by atoms with E-state index in [2.05, 4.69) is 29.2 Å². The minimum absolute atomic E-state index is 0.118. The summed E-state index contributed by atoms with van der Waals surface area (Å²) >= 11 is 0. The van der Waals surface area contributed by atoms with E-state index in [0.29, 0.717) is 30.6 Å². The minimum atomic E-state index is -1.02. The molecule has 266 valence electrons. The number of hydrogen-bond donors (Lipinski definition) is 2. The number of H-pyrrole nitrogens is 1. The Labute approximate surface area is 300 Å². The highest BCUT2D eigenvalue weighted by molar-refractivity contribution is 5.94. The van der Waals surface area contributed by atoms with Crippen molar-refractivity contribution in [2.75, 3.05) is 34.5 Å². The normalized spacial score (nSPS) is 19.2. The van der Waals surface area contributed by atoms with Crippen molar-refractivity contribution in [1.82, 2.24) is 14.8 Å². The Hall–Kier alpha value is -5.97. The van der Waals surface area contributed by atoms with Crippen molar-refractivity contribution >= 4 is 28.9 Å². The molecule has 0 radical (unpaired) electrons. The number of fused-ring (bicyclic) bond motifs is 6. The van der Waals surface area contributed by atoms with Crippen LogP contribution in [0.5, 0.6) is 17.2 Å². The number of esters is 1. The lowest BCUT2D eigenvalue weighted by Gasteiger charge is -2.43. The van der Waals surface area contributed by atoms with Gasteiger partial charge in [0.2, 0.25) is 11.7 Å². The van der Waals surface area contributed by atoms with Gasteiger partial charge in [0.15, 0.2) is 11.5 Å². The standard InChI is InChI=1S/C41H39N3O8/c1-49-34-19-23(20-35(50-2)38(34)45)37-36-29(28-15-8-9-16-31(28)42-36)21-33(40(47)51-3)44(37)39(46)32-17-10-18-43(32)41(48)52-22-30-26-13-6-4-11-24(26)25-12-5-7-14-27(25)30/h4-9,11-16,19-20,30,32-33,37,42,45H,10,17-18,21-22H2,1-3H3/t32-,33-,37-/m0/s1. The topological polar surface area (TPSA) is 131 Å². The summed E-state index contributed by atoms with van der Waals surface area (Å²) in [5, 5.41) is 11.7. The van der Waals surface area contributed by atoms with E-state index in [1.165, 1.54) is 31.1 Å². The number of amides is 2. The van der Waals surface area contributed by atoms with Crippen LogP contribution >= 0.6 is 0 Å². The molecular formula is C41H39N3O8. The molecule has 0 saturated carbocycles. The Kier molecular flexibility index (Phi) is 8.49. The van der Waals surface area contributed by atoms with Gasteiger partial charge in [-0.2, -0.15) is 0 Å². The number of phenols is 1. The number of rotatable bonds is 7. The van der Waals surface area contributed by atoms with Crippen molar-refractivity contribution < 1.29 is 38.4 Å². The highest BCUT2D eigenvalue weighted by atomic mass is 16.6. The molecule has 8 rings (SSSR count). The van der Waals surface area contributed by atoms with Crippen molar-refractivity contribution in [2.45, 2.75) is 43.3 Å². The Bertz CT molecular complexity index is 2140. The summed E-state index contributed by atoms with van der Waals surface area (Å²) in [5.74, 6) is -1.05. The largest absolute Gasteiger partial charge is 0.502 e. The SMILES string of the molecule is COC(=O)[C@@H]1Cc2c([nH]c3ccccc23)[C@H](c2cc(OC)c(O)c(OC)c2)N1C(=O)[C@@H]1CCCN1C(=O)OCC1c2ccccc2-c2ccccc21. The maximum absolute atomic E-state index is 15.1. The number of hydrogen-bond acceptors (Lipinski definition) is 8. The van der Waals surface area contributed by atoms with Gasteiger partial charge in [-0.25, -0.2) is 9.59 Å². The van der Waals surface area contributed by atoms with Gasteiger partial charge in [-0.3, -0.25) is 9.69 Å². The number of aromatic hydroxyl groups is 1. The summed E-state index contributed by atoms with van der Waals surface area (Å²) in [6, 6.07) is 24.5. The molecule has 11 nitrogen and oxygen atoms in total. The number of ether oxygens (including phenoxy) is 4. The zero-order valence-electron chi connectivity index (χ0n) is 29.1. The van der Waals surface area contributed by atoms with Crippen molar-refractivity contribution in [3.63, 3.8) is 0 Å². The van der Waals surface area contributed by atoms with Gasteiger partial charge >= 0.3 is 12.1 Å². The molecule has 4 aromatic carbocycles. The maximum atomic E-state index is 15.1. The van der Waals surface area contributed by atoms with Crippen molar-refractivity contribution in [1.29, 1.82) is 0 Å². The number of aromatic nitrogens is 1. The maximum Gasteiger partial charge on any atom is 0.410 e. The number of likely N-dealkylation sites (tertiary alicyclic amines) is 1. The molecule has 52 heavy (non-hydrogen) atoms. The average Bonchev–Trinajstić information content (AvgIpc) is 3.90. The number of methoxy groups -OCH3 is 3. The van der Waals surface area contributed by atoms with Crippen molar-refractivity contribution in [2.24, 2.45) is 0 Å². The van der Waals surface area contributed by atoms with E-state index >= 15 is 4.79 Å². The third kappa shape index (κ3) is 5.30. The van der Waals surface area contributed by atoms with Gasteiger partial charge < -0.3 is 33.9 Å². The monoisotopic (exact) mass is 701 g/mol. The van der Waals surface area contributed by atoms with Crippen molar-refractivity contribution in [3.8, 4) is 28.4 Å². The Morgan fingerprint density at radius 2 is 1.48 bits per heavy atom. The molecule has 1 aromatic heterocycles. The number of nitrogens with zero attached hydrogens (tertiary/aromatic N) is 2. The van der Waals surface area contributed by atoms with E-state index in [0.717, 1.165) is 38.7 Å². The molecule has 2 N–H and O–H groups in total. The molecule has 1 fully saturated rings. The summed E-state index contributed by atoms with van der Waals surface area (Å²) < 4.78 is 22.4. The first-order chi connectivity index (χ1) is 25.3. The second kappa shape index (κ2) is 13.3. The van der Waals surface area contributed by atoms with Gasteiger partial charge in [0.25, 0.3) is 0 Å². The highest BCUT2D eigenvalue weighted by Gasteiger charge is 2.49. The van der Waals surface area contributed by atoms with Gasteiger partial charge in [0, 0.05) is 35.5 Å². The molecule has 3 atom stereocenters. The predicted molar refractivity (Wildman–Crippen MR) is 193 cm³/mol. The molecule has 3 aliphatic rings. The van der Waals surface area contributed by atoms with Gasteiger partial charge in [0.1, 0.15) is 18.7 Å². The molecule has 2 aliphatic heterocycles. The molecule has 3 heterocycles. The fourth-order valence-corrected chi connectivity index (χ4v) is 8.39. The Morgan fingerprint density at radius 1 is 0.846 bits per heavy atom. The third-order valence-electron chi connectivity index (χ3n) is 10.8. The minimum Gasteiger partial charge on any atom is -0.502 e. The van der Waals surface area contributed by atoms with Crippen LogP contribution in [0.15, 0.2) is 84.9 Å². The average molecular weight is 702 g/mol. The summed E-state index contributed by atoms with van der Waals surface area (Å²) in [5.41, 5.74) is 7.38. The van der Waals surface area contributed by atoms with E-state index in [4.69, 9.17) is 18.9 Å². The van der Waals surface area contributed by atoms with Crippen LogP contribution in [0, 0.1) is 0 Å². The molecule has 11 heteroatoms. The lowest BCUT2D eigenvalue weighted by molar-refractivity contribution is -0.157. The third-order valence-corrected chi connectivity index (χ3v) is 10.8. The quantitative estimate of drug-likeness (QED) is 0.189. The Morgan fingerprint density at radius 3 is 2.13 bits per heavy atom. The van der Waals surface area contributed by atoms with Gasteiger partial charge in [-0.05, 0) is 64.4 Å². The second-order valence-corrected chi connectivity index (χ2v) is 13.4. The van der Waals surface area contributed by atoms with E-state index in [1.54, 1.807) is 12.1 Å². The molecule has 1 saturated heterocycles. The van der Waals surface area contributed by atoms with Crippen LogP contribution in [0.1, 0.15) is 52.7 Å². The molecular weight excluding hydrogens is 662 g/mol. The van der Waals surface area contributed by atoms with Gasteiger partial charge in [0.05, 0.1) is 27.4 Å². The van der Waals surface area contributed by atoms with Gasteiger partial charge in [-0.1, -0.05) is 66.7 Å². The van der Waals surface area contributed by atoms with Crippen LogP contribution in [0.3, 0.4) is 0 Å². The van der Waals surface area contributed by atoms with Crippen LogP contribution in [0.25, 0.3) is 22.0 Å². The van der Waals surface area contributed by atoms with Crippen LogP contribution in [0.2, 0.25) is 0 Å². The zero-order chi connectivity index (χ0) is 36.1. The predicted octanol–water partition coefficient (Wildman–Crippen LogP) is 6.32. The number of benzene rings is 4. The fourth-order valence-electron chi connectivity index (χ4n) is 8.39. The molecule has 0 spiro atoms. The van der Waals surface area contributed by atoms with Crippen molar-refractivity contribution in [3.05, 3.63) is 113 Å². The highest BCUT2D eigenvalue weighted by Crippen LogP contribution is 2.47. The van der Waals surface area contributed by atoms with Crippen LogP contribution in [0.4, 0.5) is 4.79 Å². The smallest absolute Gasteiger partial charge is 0.410 e. The summed E-state index contributed by atoms with van der Waals surface area (Å²) in [6.07, 6.45) is 0.584. The molecule has 5 aromatic rings. The van der Waals surface area contributed by atoms with Gasteiger partial charge in [-0.15, -0.1) is 0 Å². The second-order valence-electron chi connectivity index (χ2n) is 13.4. The first-order valence-corrected chi connectivity index (χ1v) is 17.4. The zero-order valence-corrected chi connectivity index (χ0v) is 29.1. The Balaban J connectivity index is 1.16. The summed E-state index contributed by atoms with van der Waals surface area (Å²) in [7, 11) is 4.16. The van der Waals surface area contributed by atoms with Crippen LogP contribution < -0.4 is 9.47 Å². The lowest BCUT2D eigenvalue weighted by Crippen LogP contribution is -2.57. The number of carbonyl (C=O) groups is 3. The lowest BCUT2D eigenvalue weighted by atomic mass is 9.87. The first kappa shape index (κ1) is 33.2. The van der Waals surface area contributed by atoms with Crippen LogP contribution in [-0.4, -0.2) is 84.4 Å². The van der Waals surface area contributed by atoms with Crippen LogP contribution in [-0.2, 0) is 25.5 Å². The summed E-state index contributed by atoms with van der Waals surface area (Å²) in [4.78, 5) is 49.2. The summed E-state index contributed by atoms with van der Waals surface area (Å²) in [6.45, 7) is 0.444. The number of nitrogens with one attached hydrogen (secondary N) is 1. The molecule has 0 bridgehead atoms. The molecule has 2 amide bonds. The number of carbonyl (C=O) groups excluding carboxylic acids is 3. The fraction of sp³-hybridized carbons (Fsp3) is 0.293. The molecule has 1 aliphatic carbocycles. The molecule has 0 unspecified atom stereocenters.